The van der Waals surface area contributed by atoms with E-state index in [2.05, 4.69) is 35.0 Å². The van der Waals surface area contributed by atoms with E-state index in [4.69, 9.17) is 5.26 Å². The number of rotatable bonds is 5. The number of fused-ring (bicyclic) bond motifs is 1. The molecule has 1 fully saturated rings. The molecule has 152 valence electrons. The van der Waals surface area contributed by atoms with Gasteiger partial charge in [-0.2, -0.15) is 5.26 Å². The number of nitrogens with zero attached hydrogens (tertiary/aromatic N) is 4. The van der Waals surface area contributed by atoms with Crippen molar-refractivity contribution in [2.75, 3.05) is 31.9 Å². The van der Waals surface area contributed by atoms with E-state index in [9.17, 15) is 4.79 Å². The lowest BCUT2D eigenvalue weighted by molar-refractivity contribution is -0.130. The molecule has 2 heterocycles. The fraction of sp³-hybridized carbons (Fsp3) is 0.292. The van der Waals surface area contributed by atoms with Gasteiger partial charge < -0.3 is 4.90 Å². The Bertz CT molecular complexity index is 1080. The number of hydrogen-bond donors (Lipinski definition) is 0. The van der Waals surface area contributed by atoms with Crippen molar-refractivity contribution in [3.8, 4) is 6.07 Å². The number of aromatic nitrogens is 1. The van der Waals surface area contributed by atoms with Crippen molar-refractivity contribution in [2.45, 2.75) is 18.5 Å². The quantitative estimate of drug-likeness (QED) is 0.591. The van der Waals surface area contributed by atoms with Gasteiger partial charge in [0.05, 0.1) is 27.9 Å². The van der Waals surface area contributed by atoms with Crippen LogP contribution in [0.25, 0.3) is 10.9 Å². The molecular formula is C24H24N4OS. The number of para-hydroxylation sites is 1. The zero-order valence-electron chi connectivity index (χ0n) is 17.0. The second kappa shape index (κ2) is 9.29. The van der Waals surface area contributed by atoms with Crippen LogP contribution in [0.2, 0.25) is 0 Å². The van der Waals surface area contributed by atoms with Gasteiger partial charge in [0.2, 0.25) is 5.91 Å². The highest BCUT2D eigenvalue weighted by Crippen LogP contribution is 2.24. The molecule has 0 aliphatic carbocycles. The Morgan fingerprint density at radius 3 is 2.57 bits per heavy atom. The highest BCUT2D eigenvalue weighted by Gasteiger charge is 2.21. The second-order valence-electron chi connectivity index (χ2n) is 7.55. The maximum absolute atomic E-state index is 12.7. The van der Waals surface area contributed by atoms with Crippen LogP contribution < -0.4 is 0 Å². The number of carbonyl (C=O) groups excluding carboxylic acids is 1. The maximum Gasteiger partial charge on any atom is 0.233 e. The molecule has 1 aliphatic rings. The molecular weight excluding hydrogens is 392 g/mol. The molecule has 30 heavy (non-hydrogen) atoms. The molecule has 1 aromatic heterocycles. The molecule has 4 rings (SSSR count). The molecule has 0 radical (unpaired) electrons. The van der Waals surface area contributed by atoms with Crippen LogP contribution in [0.1, 0.15) is 16.7 Å². The van der Waals surface area contributed by atoms with E-state index in [0.29, 0.717) is 11.3 Å². The summed E-state index contributed by atoms with van der Waals surface area (Å²) in [4.78, 5) is 21.7. The lowest BCUT2D eigenvalue weighted by Gasteiger charge is -2.34. The molecule has 0 spiro atoms. The summed E-state index contributed by atoms with van der Waals surface area (Å²) in [5, 5.41) is 11.0. The summed E-state index contributed by atoms with van der Waals surface area (Å²) in [6.45, 7) is 6.17. The van der Waals surface area contributed by atoms with Crippen molar-refractivity contribution in [1.82, 2.24) is 14.8 Å². The zero-order valence-corrected chi connectivity index (χ0v) is 17.9. The van der Waals surface area contributed by atoms with Gasteiger partial charge in [0.15, 0.2) is 0 Å². The maximum atomic E-state index is 12.7. The Labute approximate surface area is 181 Å². The summed E-state index contributed by atoms with van der Waals surface area (Å²) in [7, 11) is 0. The first-order valence-electron chi connectivity index (χ1n) is 10.1. The van der Waals surface area contributed by atoms with Crippen LogP contribution in [0.5, 0.6) is 0 Å². The molecule has 0 unspecified atom stereocenters. The first kappa shape index (κ1) is 20.4. The minimum Gasteiger partial charge on any atom is -0.339 e. The molecule has 5 nitrogen and oxygen atoms in total. The van der Waals surface area contributed by atoms with Crippen molar-refractivity contribution in [2.24, 2.45) is 0 Å². The Hall–Kier alpha value is -2.88. The summed E-state index contributed by atoms with van der Waals surface area (Å²) in [5.41, 5.74) is 4.04. The number of hydrogen-bond acceptors (Lipinski definition) is 5. The minimum atomic E-state index is 0.172. The SMILES string of the molecule is Cc1cc(SCC(=O)N2CCN(Cc3ccc(C#N)cc3)CC2)nc2ccccc12. The van der Waals surface area contributed by atoms with Crippen LogP contribution in [0.4, 0.5) is 0 Å². The average molecular weight is 417 g/mol. The van der Waals surface area contributed by atoms with Crippen LogP contribution in [0.15, 0.2) is 59.6 Å². The molecule has 2 aromatic carbocycles. The zero-order chi connectivity index (χ0) is 20.9. The molecule has 1 aliphatic heterocycles. The van der Waals surface area contributed by atoms with Gasteiger partial charge in [-0.15, -0.1) is 0 Å². The number of amides is 1. The summed E-state index contributed by atoms with van der Waals surface area (Å²) < 4.78 is 0. The number of nitriles is 1. The third-order valence-corrected chi connectivity index (χ3v) is 6.35. The minimum absolute atomic E-state index is 0.172. The normalized spacial score (nSPS) is 14.6. The van der Waals surface area contributed by atoms with Gasteiger partial charge >= 0.3 is 0 Å². The van der Waals surface area contributed by atoms with Crippen molar-refractivity contribution in [3.05, 3.63) is 71.3 Å². The van der Waals surface area contributed by atoms with Gasteiger partial charge in [-0.3, -0.25) is 9.69 Å². The number of pyridine rings is 1. The molecule has 0 N–H and O–H groups in total. The molecule has 0 saturated carbocycles. The smallest absolute Gasteiger partial charge is 0.233 e. The molecule has 3 aromatic rings. The van der Waals surface area contributed by atoms with Crippen LogP contribution in [-0.2, 0) is 11.3 Å². The average Bonchev–Trinajstić information content (AvgIpc) is 2.78. The first-order valence-corrected chi connectivity index (χ1v) is 11.1. The lowest BCUT2D eigenvalue weighted by atomic mass is 10.1. The van der Waals surface area contributed by atoms with Gasteiger partial charge in [-0.25, -0.2) is 4.98 Å². The van der Waals surface area contributed by atoms with Gasteiger partial charge in [0.25, 0.3) is 0 Å². The number of benzene rings is 2. The predicted molar refractivity (Wildman–Crippen MR) is 120 cm³/mol. The summed E-state index contributed by atoms with van der Waals surface area (Å²) in [6.07, 6.45) is 0. The Kier molecular flexibility index (Phi) is 6.32. The highest BCUT2D eigenvalue weighted by molar-refractivity contribution is 7.99. The van der Waals surface area contributed by atoms with Gasteiger partial charge in [0, 0.05) is 38.1 Å². The van der Waals surface area contributed by atoms with E-state index >= 15 is 0 Å². The summed E-state index contributed by atoms with van der Waals surface area (Å²) in [5.74, 6) is 0.589. The highest BCUT2D eigenvalue weighted by atomic mass is 32.2. The monoisotopic (exact) mass is 416 g/mol. The number of carbonyl (C=O) groups is 1. The van der Waals surface area contributed by atoms with Crippen molar-refractivity contribution in [1.29, 1.82) is 5.26 Å². The largest absolute Gasteiger partial charge is 0.339 e. The standard InChI is InChI=1S/C24H24N4OS/c1-18-14-23(26-22-5-3-2-4-21(18)22)30-17-24(29)28-12-10-27(11-13-28)16-20-8-6-19(15-25)7-9-20/h2-9,14H,10-13,16-17H2,1H3. The molecule has 1 saturated heterocycles. The van der Waals surface area contributed by atoms with Crippen LogP contribution in [0, 0.1) is 18.3 Å². The van der Waals surface area contributed by atoms with Crippen LogP contribution in [0.3, 0.4) is 0 Å². The van der Waals surface area contributed by atoms with E-state index in [-0.39, 0.29) is 5.91 Å². The number of thioether (sulfide) groups is 1. The Balaban J connectivity index is 1.28. The van der Waals surface area contributed by atoms with Gasteiger partial charge in [0.1, 0.15) is 0 Å². The third-order valence-electron chi connectivity index (χ3n) is 5.46. The molecule has 6 heteroatoms. The van der Waals surface area contributed by atoms with E-state index in [0.717, 1.165) is 48.7 Å². The Morgan fingerprint density at radius 1 is 1.10 bits per heavy atom. The molecule has 1 amide bonds. The number of aryl methyl sites for hydroxylation is 1. The van der Waals surface area contributed by atoms with E-state index in [1.165, 1.54) is 22.9 Å². The summed E-state index contributed by atoms with van der Waals surface area (Å²) in [6, 6.07) is 20.0. The van der Waals surface area contributed by atoms with Crippen molar-refractivity contribution < 1.29 is 4.79 Å². The van der Waals surface area contributed by atoms with E-state index in [1.807, 2.05) is 47.4 Å². The van der Waals surface area contributed by atoms with Crippen molar-refractivity contribution in [3.63, 3.8) is 0 Å². The van der Waals surface area contributed by atoms with Crippen molar-refractivity contribution >= 4 is 28.6 Å². The van der Waals surface area contributed by atoms with E-state index < -0.39 is 0 Å². The summed E-state index contributed by atoms with van der Waals surface area (Å²) >= 11 is 1.52. The lowest BCUT2D eigenvalue weighted by Crippen LogP contribution is -2.48. The Morgan fingerprint density at radius 2 is 1.83 bits per heavy atom. The molecule has 0 bridgehead atoms. The van der Waals surface area contributed by atoms with Gasteiger partial charge in [-0.1, -0.05) is 42.1 Å². The van der Waals surface area contributed by atoms with Crippen LogP contribution in [-0.4, -0.2) is 52.6 Å². The fourth-order valence-corrected chi connectivity index (χ4v) is 4.59. The predicted octanol–water partition coefficient (Wildman–Crippen LogP) is 3.85. The third kappa shape index (κ3) is 4.81. The molecule has 0 atom stereocenters. The second-order valence-corrected chi connectivity index (χ2v) is 8.54. The van der Waals surface area contributed by atoms with Gasteiger partial charge in [-0.05, 0) is 42.3 Å². The van der Waals surface area contributed by atoms with E-state index in [1.54, 1.807) is 0 Å². The fourth-order valence-electron chi connectivity index (χ4n) is 3.72. The van der Waals surface area contributed by atoms with Crippen LogP contribution >= 0.6 is 11.8 Å². The number of piperazine rings is 1. The topological polar surface area (TPSA) is 60.2 Å². The first-order chi connectivity index (χ1) is 14.6.